The van der Waals surface area contributed by atoms with Gasteiger partial charge in [-0.15, -0.1) is 0 Å². The van der Waals surface area contributed by atoms with Crippen molar-refractivity contribution < 1.29 is 5.11 Å². The van der Waals surface area contributed by atoms with Crippen LogP contribution in [0.3, 0.4) is 0 Å². The fraction of sp³-hybridized carbons (Fsp3) is 0.571. The van der Waals surface area contributed by atoms with E-state index in [1.165, 1.54) is 22.3 Å². The maximum atomic E-state index is 9.21. The van der Waals surface area contributed by atoms with E-state index in [9.17, 15) is 5.11 Å². The Morgan fingerprint density at radius 3 is 2.13 bits per heavy atom. The molecule has 0 aromatic heterocycles. The molecule has 0 bridgehead atoms. The standard InChI is InChI=1S/C14H22O/c1-10-8-11(2)14(12(3)9-10)7-5-6-13(4)15/h8-9,13,15H,5-7H2,1-4H3. The number of aryl methyl sites for hydroxylation is 3. The van der Waals surface area contributed by atoms with Crippen LogP contribution in [0.2, 0.25) is 0 Å². The molecule has 0 aliphatic heterocycles. The molecule has 1 aromatic rings. The maximum absolute atomic E-state index is 9.21. The Morgan fingerprint density at radius 2 is 1.67 bits per heavy atom. The van der Waals surface area contributed by atoms with Gasteiger partial charge in [0.15, 0.2) is 0 Å². The molecule has 0 aliphatic carbocycles. The molecule has 1 rings (SSSR count). The van der Waals surface area contributed by atoms with Gasteiger partial charge in [0.2, 0.25) is 0 Å². The first-order valence-corrected chi connectivity index (χ1v) is 5.75. The SMILES string of the molecule is Cc1cc(C)c(CCCC(C)O)c(C)c1. The minimum absolute atomic E-state index is 0.170. The van der Waals surface area contributed by atoms with E-state index in [2.05, 4.69) is 32.9 Å². The second-order valence-corrected chi connectivity index (χ2v) is 4.62. The van der Waals surface area contributed by atoms with Gasteiger partial charge < -0.3 is 5.11 Å². The topological polar surface area (TPSA) is 20.2 Å². The quantitative estimate of drug-likeness (QED) is 0.801. The zero-order chi connectivity index (χ0) is 11.4. The maximum Gasteiger partial charge on any atom is 0.0512 e. The number of aliphatic hydroxyl groups is 1. The predicted octanol–water partition coefficient (Wildman–Crippen LogP) is 3.32. The highest BCUT2D eigenvalue weighted by atomic mass is 16.3. The van der Waals surface area contributed by atoms with E-state index in [1.54, 1.807) is 0 Å². The molecule has 0 spiro atoms. The van der Waals surface area contributed by atoms with E-state index in [1.807, 2.05) is 6.92 Å². The summed E-state index contributed by atoms with van der Waals surface area (Å²) in [5, 5.41) is 9.21. The van der Waals surface area contributed by atoms with Crippen LogP contribution >= 0.6 is 0 Å². The fourth-order valence-corrected chi connectivity index (χ4v) is 2.18. The fourth-order valence-electron chi connectivity index (χ4n) is 2.18. The van der Waals surface area contributed by atoms with E-state index in [-0.39, 0.29) is 6.10 Å². The first-order valence-electron chi connectivity index (χ1n) is 5.75. The molecule has 1 aromatic carbocycles. The summed E-state index contributed by atoms with van der Waals surface area (Å²) in [5.74, 6) is 0. The Hall–Kier alpha value is -0.820. The van der Waals surface area contributed by atoms with Crippen molar-refractivity contribution in [2.75, 3.05) is 0 Å². The minimum atomic E-state index is -0.170. The molecule has 1 N–H and O–H groups in total. The average Bonchev–Trinajstić information content (AvgIpc) is 2.08. The van der Waals surface area contributed by atoms with E-state index in [4.69, 9.17) is 0 Å². The van der Waals surface area contributed by atoms with Gasteiger partial charge in [-0.05, 0) is 63.6 Å². The van der Waals surface area contributed by atoms with Crippen molar-refractivity contribution in [3.8, 4) is 0 Å². The highest BCUT2D eigenvalue weighted by molar-refractivity contribution is 5.37. The molecular formula is C14H22O. The lowest BCUT2D eigenvalue weighted by Gasteiger charge is -2.11. The first-order chi connectivity index (χ1) is 7.00. The normalized spacial score (nSPS) is 12.9. The lowest BCUT2D eigenvalue weighted by molar-refractivity contribution is 0.181. The summed E-state index contributed by atoms with van der Waals surface area (Å²) in [7, 11) is 0. The van der Waals surface area contributed by atoms with Gasteiger partial charge in [0.25, 0.3) is 0 Å². The minimum Gasteiger partial charge on any atom is -0.393 e. The Kier molecular flexibility index (Phi) is 4.34. The third-order valence-electron chi connectivity index (χ3n) is 2.89. The van der Waals surface area contributed by atoms with Crippen LogP contribution < -0.4 is 0 Å². The Bertz CT molecular complexity index is 303. The van der Waals surface area contributed by atoms with Crippen LogP contribution in [0.1, 0.15) is 42.0 Å². The summed E-state index contributed by atoms with van der Waals surface area (Å²) < 4.78 is 0. The van der Waals surface area contributed by atoms with Gasteiger partial charge >= 0.3 is 0 Å². The molecule has 0 heterocycles. The Labute approximate surface area is 93.1 Å². The third kappa shape index (κ3) is 3.67. The van der Waals surface area contributed by atoms with Crippen LogP contribution in [-0.2, 0) is 6.42 Å². The van der Waals surface area contributed by atoms with Crippen molar-refractivity contribution in [1.29, 1.82) is 0 Å². The molecule has 15 heavy (non-hydrogen) atoms. The number of hydrogen-bond donors (Lipinski definition) is 1. The number of rotatable bonds is 4. The van der Waals surface area contributed by atoms with Crippen molar-refractivity contribution in [1.82, 2.24) is 0 Å². The molecule has 1 atom stereocenters. The van der Waals surface area contributed by atoms with Gasteiger partial charge in [-0.25, -0.2) is 0 Å². The predicted molar refractivity (Wildman–Crippen MR) is 65.3 cm³/mol. The molecule has 0 amide bonds. The smallest absolute Gasteiger partial charge is 0.0512 e. The van der Waals surface area contributed by atoms with Crippen LogP contribution in [0, 0.1) is 20.8 Å². The van der Waals surface area contributed by atoms with Gasteiger partial charge in [-0.3, -0.25) is 0 Å². The van der Waals surface area contributed by atoms with Crippen molar-refractivity contribution in [2.24, 2.45) is 0 Å². The molecule has 0 radical (unpaired) electrons. The van der Waals surface area contributed by atoms with Gasteiger partial charge in [-0.1, -0.05) is 17.7 Å². The summed E-state index contributed by atoms with van der Waals surface area (Å²) in [6, 6.07) is 4.48. The third-order valence-corrected chi connectivity index (χ3v) is 2.89. The van der Waals surface area contributed by atoms with Gasteiger partial charge in [0, 0.05) is 0 Å². The molecule has 0 saturated carbocycles. The van der Waals surface area contributed by atoms with Crippen LogP contribution in [0.25, 0.3) is 0 Å². The lowest BCUT2D eigenvalue weighted by atomic mass is 9.95. The molecule has 1 nitrogen and oxygen atoms in total. The zero-order valence-corrected chi connectivity index (χ0v) is 10.3. The highest BCUT2D eigenvalue weighted by Crippen LogP contribution is 2.18. The van der Waals surface area contributed by atoms with Crippen LogP contribution in [0.4, 0.5) is 0 Å². The summed E-state index contributed by atoms with van der Waals surface area (Å²) >= 11 is 0. The molecule has 0 saturated heterocycles. The number of benzene rings is 1. The molecule has 84 valence electrons. The molecule has 0 fully saturated rings. The van der Waals surface area contributed by atoms with Crippen LogP contribution in [-0.4, -0.2) is 11.2 Å². The zero-order valence-electron chi connectivity index (χ0n) is 10.3. The van der Waals surface area contributed by atoms with E-state index in [0.29, 0.717) is 0 Å². The van der Waals surface area contributed by atoms with Crippen molar-refractivity contribution in [3.63, 3.8) is 0 Å². The number of aliphatic hydroxyl groups excluding tert-OH is 1. The molecule has 1 heteroatoms. The average molecular weight is 206 g/mol. The van der Waals surface area contributed by atoms with Crippen LogP contribution in [0.15, 0.2) is 12.1 Å². The summed E-state index contributed by atoms with van der Waals surface area (Å²) in [4.78, 5) is 0. The lowest BCUT2D eigenvalue weighted by Crippen LogP contribution is -2.02. The van der Waals surface area contributed by atoms with E-state index >= 15 is 0 Å². The second kappa shape index (κ2) is 5.32. The number of hydrogen-bond acceptors (Lipinski definition) is 1. The summed E-state index contributed by atoms with van der Waals surface area (Å²) in [6.45, 7) is 8.35. The van der Waals surface area contributed by atoms with Gasteiger partial charge in [0.05, 0.1) is 6.10 Å². The first kappa shape index (κ1) is 12.3. The summed E-state index contributed by atoms with van der Waals surface area (Å²) in [5.41, 5.74) is 5.57. The van der Waals surface area contributed by atoms with Crippen molar-refractivity contribution in [2.45, 2.75) is 53.1 Å². The second-order valence-electron chi connectivity index (χ2n) is 4.62. The highest BCUT2D eigenvalue weighted by Gasteiger charge is 2.04. The van der Waals surface area contributed by atoms with E-state index in [0.717, 1.165) is 19.3 Å². The summed E-state index contributed by atoms with van der Waals surface area (Å²) in [6.07, 6.45) is 2.88. The van der Waals surface area contributed by atoms with Crippen molar-refractivity contribution >= 4 is 0 Å². The van der Waals surface area contributed by atoms with Gasteiger partial charge in [0.1, 0.15) is 0 Å². The largest absolute Gasteiger partial charge is 0.393 e. The molecule has 0 aliphatic rings. The monoisotopic (exact) mass is 206 g/mol. The Balaban J connectivity index is 2.68. The van der Waals surface area contributed by atoms with E-state index < -0.39 is 0 Å². The van der Waals surface area contributed by atoms with Gasteiger partial charge in [-0.2, -0.15) is 0 Å². The van der Waals surface area contributed by atoms with Crippen molar-refractivity contribution in [3.05, 3.63) is 34.4 Å². The molecule has 1 unspecified atom stereocenters. The van der Waals surface area contributed by atoms with Crippen LogP contribution in [0.5, 0.6) is 0 Å². The molecular weight excluding hydrogens is 184 g/mol. The Morgan fingerprint density at radius 1 is 1.13 bits per heavy atom.